The molecule has 0 bridgehead atoms. The Balaban J connectivity index is 1.33. The van der Waals surface area contributed by atoms with Gasteiger partial charge >= 0.3 is 6.09 Å². The van der Waals surface area contributed by atoms with Crippen LogP contribution in [0.3, 0.4) is 0 Å². The van der Waals surface area contributed by atoms with E-state index in [9.17, 15) is 24.0 Å². The summed E-state index contributed by atoms with van der Waals surface area (Å²) in [5, 5.41) is 8.34. The zero-order chi connectivity index (χ0) is 56.4. The Bertz CT molecular complexity index is 2070. The minimum Gasteiger partial charge on any atom is -0.497 e. The van der Waals surface area contributed by atoms with Gasteiger partial charge in [0.2, 0.25) is 11.8 Å². The van der Waals surface area contributed by atoms with E-state index in [0.29, 0.717) is 104 Å². The second kappa shape index (κ2) is 36.8. The maximum atomic E-state index is 12.9. The highest BCUT2D eigenvalue weighted by atomic mass is 28.4. The van der Waals surface area contributed by atoms with E-state index in [1.54, 1.807) is 28.1 Å². The van der Waals surface area contributed by atoms with Crippen molar-refractivity contribution in [3.8, 4) is 11.5 Å². The second-order valence-corrected chi connectivity index (χ2v) is 25.6. The number of benzene rings is 3. The lowest BCUT2D eigenvalue weighted by Gasteiger charge is -2.39. The van der Waals surface area contributed by atoms with Gasteiger partial charge in [-0.25, -0.2) is 4.79 Å². The number of amides is 3. The first-order valence-corrected chi connectivity index (χ1v) is 30.8. The average molecular weight is 1090 g/mol. The molecule has 17 heteroatoms. The highest BCUT2D eigenvalue weighted by molar-refractivity contribution is 6.74. The van der Waals surface area contributed by atoms with Gasteiger partial charge in [-0.1, -0.05) is 102 Å². The molecule has 3 aromatic carbocycles. The van der Waals surface area contributed by atoms with E-state index < -0.39 is 26.1 Å². The van der Waals surface area contributed by atoms with Crippen molar-refractivity contribution in [3.63, 3.8) is 0 Å². The molecule has 0 aliphatic carbocycles. The fourth-order valence-electron chi connectivity index (χ4n) is 8.03. The summed E-state index contributed by atoms with van der Waals surface area (Å²) in [6.45, 7) is 19.3. The van der Waals surface area contributed by atoms with E-state index in [1.807, 2.05) is 42.5 Å². The van der Waals surface area contributed by atoms with E-state index in [2.05, 4.69) is 86.2 Å². The van der Waals surface area contributed by atoms with Crippen molar-refractivity contribution in [1.29, 1.82) is 0 Å². The minimum absolute atomic E-state index is 0.0503. The summed E-state index contributed by atoms with van der Waals surface area (Å²) in [6.07, 6.45) is 5.62. The van der Waals surface area contributed by atoms with Gasteiger partial charge < -0.3 is 53.5 Å². The van der Waals surface area contributed by atoms with E-state index >= 15 is 0 Å². The number of nitrogens with one attached hydrogen (secondary N) is 3. The van der Waals surface area contributed by atoms with Crippen LogP contribution in [-0.4, -0.2) is 131 Å². The molecule has 430 valence electrons. The van der Waals surface area contributed by atoms with Crippen LogP contribution >= 0.6 is 0 Å². The van der Waals surface area contributed by atoms with Gasteiger partial charge in [-0.3, -0.25) is 19.2 Å². The van der Waals surface area contributed by atoms with Crippen molar-refractivity contribution in [1.82, 2.24) is 16.0 Å². The zero-order valence-corrected chi connectivity index (χ0v) is 48.9. The highest BCUT2D eigenvalue weighted by Crippen LogP contribution is 2.43. The fourth-order valence-corrected chi connectivity index (χ4v) is 9.11. The van der Waals surface area contributed by atoms with Crippen molar-refractivity contribution in [2.24, 2.45) is 5.92 Å². The van der Waals surface area contributed by atoms with Gasteiger partial charge in [0, 0.05) is 77.4 Å². The average Bonchev–Trinajstić information content (AvgIpc) is 3.43. The molecule has 0 saturated carbocycles. The standard InChI is InChI=1S/C60H93N3O13Si/c1-10-51(64)28-34-55(44-63-56(66)11-2)76-58(68)62-37-19-39-72-41-43-73-42-40-71-38-18-36-61-57(67)35-29-52(65)23-17-12-14-20-47(46-75-77(8,9)59(3,4)5)45-74-60(48-21-15-13-16-22-48,49-24-30-53(69-6)31-25-49)50-26-32-54(70-7)33-27-50/h13,15-16,21-22,24-27,30-33,47,55H,10-12,14,17-20,23,28-29,34-46H2,1-9H3,(H,61,67)(H,62,68)(H,63,66). The van der Waals surface area contributed by atoms with Crippen molar-refractivity contribution in [2.75, 3.05) is 86.7 Å². The smallest absolute Gasteiger partial charge is 0.407 e. The third kappa shape index (κ3) is 25.4. The van der Waals surface area contributed by atoms with E-state index in [1.165, 1.54) is 0 Å². The van der Waals surface area contributed by atoms with Crippen LogP contribution in [0.4, 0.5) is 4.79 Å². The molecular formula is C60H93N3O13Si. The molecule has 0 fully saturated rings. The second-order valence-electron chi connectivity index (χ2n) is 20.8. The van der Waals surface area contributed by atoms with Crippen molar-refractivity contribution < 1.29 is 61.6 Å². The summed E-state index contributed by atoms with van der Waals surface area (Å²) < 4.78 is 47.5. The van der Waals surface area contributed by atoms with E-state index in [-0.39, 0.29) is 60.1 Å². The number of hydrogen-bond acceptors (Lipinski definition) is 13. The quantitative estimate of drug-likeness (QED) is 0.0276. The number of unbranched alkanes of at least 4 members (excludes halogenated alkanes) is 2. The SMILES string of the molecule is CCC(=O)CCC(CNC(=O)CC)OC(=O)NCCCOCCOCCOCCCNC(=O)CCC(=O)CCCCCC(COC(c1ccccc1)(c1ccc(OC)cc1)c1ccc(OC)cc1)CO[Si](C)(C)C(C)(C)C. The molecule has 0 saturated heterocycles. The largest absolute Gasteiger partial charge is 0.497 e. The van der Waals surface area contributed by atoms with Crippen LogP contribution in [0.15, 0.2) is 78.9 Å². The van der Waals surface area contributed by atoms with Crippen LogP contribution in [0, 0.1) is 5.92 Å². The number of Topliss-reactive ketones (excluding diaryl/α,β-unsaturated/α-hetero) is 2. The molecule has 0 aromatic heterocycles. The Labute approximate surface area is 461 Å². The number of rotatable bonds is 42. The molecule has 0 aliphatic rings. The summed E-state index contributed by atoms with van der Waals surface area (Å²) in [7, 11) is 1.26. The van der Waals surface area contributed by atoms with Crippen LogP contribution in [0.2, 0.25) is 18.1 Å². The van der Waals surface area contributed by atoms with Gasteiger partial charge in [-0.05, 0) is 91.2 Å². The lowest BCUT2D eigenvalue weighted by molar-refractivity contribution is -0.125. The first kappa shape index (κ1) is 66.1. The van der Waals surface area contributed by atoms with Crippen LogP contribution in [0.1, 0.15) is 135 Å². The molecule has 3 amide bonds. The first-order valence-electron chi connectivity index (χ1n) is 27.8. The van der Waals surface area contributed by atoms with Gasteiger partial charge in [0.25, 0.3) is 0 Å². The first-order chi connectivity index (χ1) is 37.0. The van der Waals surface area contributed by atoms with Crippen molar-refractivity contribution in [2.45, 2.75) is 148 Å². The summed E-state index contributed by atoms with van der Waals surface area (Å²) in [5.74, 6) is 1.49. The lowest BCUT2D eigenvalue weighted by Crippen LogP contribution is -2.43. The van der Waals surface area contributed by atoms with Crippen LogP contribution < -0.4 is 25.4 Å². The zero-order valence-electron chi connectivity index (χ0n) is 47.9. The van der Waals surface area contributed by atoms with Gasteiger partial charge in [0.1, 0.15) is 34.8 Å². The number of carbonyl (C=O) groups is 5. The van der Waals surface area contributed by atoms with Gasteiger partial charge in [-0.2, -0.15) is 0 Å². The molecule has 0 radical (unpaired) electrons. The summed E-state index contributed by atoms with van der Waals surface area (Å²) in [4.78, 5) is 61.0. The Morgan fingerprint density at radius 2 is 1.10 bits per heavy atom. The van der Waals surface area contributed by atoms with Gasteiger partial charge in [-0.15, -0.1) is 0 Å². The number of carbonyl (C=O) groups excluding carboxylic acids is 5. The third-order valence-corrected chi connectivity index (χ3v) is 18.4. The molecule has 2 atom stereocenters. The van der Waals surface area contributed by atoms with Crippen LogP contribution in [-0.2, 0) is 52.9 Å². The van der Waals surface area contributed by atoms with Crippen LogP contribution in [0.5, 0.6) is 11.5 Å². The predicted octanol–water partition coefficient (Wildman–Crippen LogP) is 10.3. The Hall–Kier alpha value is -5.17. The maximum Gasteiger partial charge on any atom is 0.407 e. The molecule has 3 rings (SSSR count). The molecule has 2 unspecified atom stereocenters. The Kier molecular flexibility index (Phi) is 31.6. The Morgan fingerprint density at radius 3 is 1.65 bits per heavy atom. The monoisotopic (exact) mass is 1090 g/mol. The molecule has 3 N–H and O–H groups in total. The number of ketones is 2. The molecule has 0 spiro atoms. The normalized spacial score (nSPS) is 12.6. The predicted molar refractivity (Wildman–Crippen MR) is 303 cm³/mol. The summed E-state index contributed by atoms with van der Waals surface area (Å²) in [5.41, 5.74) is 2.01. The topological polar surface area (TPSA) is 195 Å². The molecule has 77 heavy (non-hydrogen) atoms. The number of methoxy groups -OCH3 is 2. The molecule has 3 aromatic rings. The maximum absolute atomic E-state index is 12.9. The lowest BCUT2D eigenvalue weighted by atomic mass is 9.79. The fraction of sp³-hybridized carbons (Fsp3) is 0.617. The number of hydrogen-bond donors (Lipinski definition) is 3. The van der Waals surface area contributed by atoms with E-state index in [4.69, 9.17) is 37.6 Å². The molecular weight excluding hydrogens is 999 g/mol. The van der Waals surface area contributed by atoms with Crippen molar-refractivity contribution in [3.05, 3.63) is 95.6 Å². The molecule has 0 aliphatic heterocycles. The molecule has 16 nitrogen and oxygen atoms in total. The summed E-state index contributed by atoms with van der Waals surface area (Å²) >= 11 is 0. The van der Waals surface area contributed by atoms with Crippen LogP contribution in [0.25, 0.3) is 0 Å². The summed E-state index contributed by atoms with van der Waals surface area (Å²) in [6, 6.07) is 26.5. The van der Waals surface area contributed by atoms with Crippen molar-refractivity contribution >= 4 is 37.8 Å². The number of ether oxygens (including phenoxy) is 7. The van der Waals surface area contributed by atoms with Gasteiger partial charge in [0.15, 0.2) is 8.32 Å². The van der Waals surface area contributed by atoms with E-state index in [0.717, 1.165) is 53.9 Å². The Morgan fingerprint density at radius 1 is 0.545 bits per heavy atom. The minimum atomic E-state index is -2.08. The van der Waals surface area contributed by atoms with Gasteiger partial charge in [0.05, 0.1) is 53.8 Å². The highest BCUT2D eigenvalue weighted by Gasteiger charge is 2.40. The molecule has 0 heterocycles. The third-order valence-electron chi connectivity index (χ3n) is 13.9. The number of alkyl carbamates (subject to hydrolysis) is 1.